The van der Waals surface area contributed by atoms with Crippen LogP contribution in [-0.4, -0.2) is 23.9 Å². The summed E-state index contributed by atoms with van der Waals surface area (Å²) in [6.45, 7) is 1.88. The monoisotopic (exact) mass is 389 g/mol. The van der Waals surface area contributed by atoms with Crippen molar-refractivity contribution in [3.63, 3.8) is 0 Å². The number of amides is 2. The number of hydrogen-bond acceptors (Lipinski definition) is 3. The van der Waals surface area contributed by atoms with E-state index in [1.54, 1.807) is 6.07 Å². The van der Waals surface area contributed by atoms with Crippen LogP contribution in [0.3, 0.4) is 0 Å². The normalized spacial score (nSPS) is 15.8. The van der Waals surface area contributed by atoms with Crippen LogP contribution in [0.15, 0.2) is 22.7 Å². The molecule has 1 aliphatic rings. The molecule has 0 spiro atoms. The molecule has 122 valence electrons. The Morgan fingerprint density at radius 1 is 1.32 bits per heavy atom. The Morgan fingerprint density at radius 2 is 1.95 bits per heavy atom. The Labute approximate surface area is 144 Å². The first-order valence-electron chi connectivity index (χ1n) is 7.04. The molecule has 0 aliphatic heterocycles. The fourth-order valence-corrected chi connectivity index (χ4v) is 2.74. The van der Waals surface area contributed by atoms with Crippen molar-refractivity contribution in [3.8, 4) is 0 Å². The van der Waals surface area contributed by atoms with E-state index in [2.05, 4.69) is 26.6 Å². The van der Waals surface area contributed by atoms with E-state index in [0.29, 0.717) is 18.5 Å². The van der Waals surface area contributed by atoms with Crippen molar-refractivity contribution in [1.29, 1.82) is 0 Å². The first-order valence-corrected chi connectivity index (χ1v) is 7.83. The molecular weight excluding hydrogens is 370 g/mol. The quantitative estimate of drug-likeness (QED) is 0.738. The molecule has 5 nitrogen and oxygen atoms in total. The second kappa shape index (κ2) is 7.94. The van der Waals surface area contributed by atoms with E-state index in [4.69, 9.17) is 5.73 Å². The molecule has 0 radical (unpaired) electrons. The number of carbonyl (C=O) groups excluding carboxylic acids is 2. The first-order chi connectivity index (χ1) is 9.90. The fraction of sp³-hybridized carbons (Fsp3) is 0.467. The summed E-state index contributed by atoms with van der Waals surface area (Å²) < 4.78 is 0.986. The fourth-order valence-electron chi connectivity index (χ4n) is 2.50. The highest BCUT2D eigenvalue weighted by Gasteiger charge is 2.36. The molecular formula is C15H21BrClN3O2. The number of nitrogens with two attached hydrogens (primary N) is 1. The van der Waals surface area contributed by atoms with Crippen LogP contribution in [0.4, 0.5) is 5.69 Å². The molecule has 0 saturated heterocycles. The molecule has 7 heteroatoms. The van der Waals surface area contributed by atoms with Crippen LogP contribution in [0.5, 0.6) is 0 Å². The van der Waals surface area contributed by atoms with Crippen LogP contribution in [0, 0.1) is 6.92 Å². The molecule has 1 aromatic carbocycles. The summed E-state index contributed by atoms with van der Waals surface area (Å²) in [6.07, 6.45) is 3.31. The minimum atomic E-state index is -0.797. The summed E-state index contributed by atoms with van der Waals surface area (Å²) in [5.74, 6) is -0.492. The van der Waals surface area contributed by atoms with E-state index < -0.39 is 5.54 Å². The van der Waals surface area contributed by atoms with Gasteiger partial charge in [-0.05, 0) is 43.5 Å². The van der Waals surface area contributed by atoms with Gasteiger partial charge in [0.15, 0.2) is 0 Å². The number of rotatable bonds is 4. The Kier molecular flexibility index (Phi) is 6.84. The average molecular weight is 391 g/mol. The van der Waals surface area contributed by atoms with E-state index in [1.165, 1.54) is 0 Å². The highest BCUT2D eigenvalue weighted by molar-refractivity contribution is 9.10. The van der Waals surface area contributed by atoms with Gasteiger partial charge in [0.1, 0.15) is 0 Å². The van der Waals surface area contributed by atoms with Gasteiger partial charge in [0.05, 0.1) is 12.1 Å². The molecule has 4 N–H and O–H groups in total. The van der Waals surface area contributed by atoms with E-state index in [0.717, 1.165) is 22.9 Å². The van der Waals surface area contributed by atoms with Gasteiger partial charge in [-0.1, -0.05) is 28.8 Å². The molecule has 1 aromatic rings. The maximum absolute atomic E-state index is 12.0. The molecule has 0 unspecified atom stereocenters. The number of benzene rings is 1. The van der Waals surface area contributed by atoms with Crippen molar-refractivity contribution >= 4 is 45.8 Å². The summed E-state index contributed by atoms with van der Waals surface area (Å²) in [5, 5.41) is 5.38. The molecule has 0 atom stereocenters. The summed E-state index contributed by atoms with van der Waals surface area (Å²) in [4.78, 5) is 23.9. The minimum absolute atomic E-state index is 0. The van der Waals surface area contributed by atoms with Gasteiger partial charge >= 0.3 is 0 Å². The highest BCUT2D eigenvalue weighted by Crippen LogP contribution is 2.27. The van der Waals surface area contributed by atoms with Gasteiger partial charge in [-0.15, -0.1) is 12.4 Å². The second-order valence-electron chi connectivity index (χ2n) is 5.56. The summed E-state index contributed by atoms with van der Waals surface area (Å²) >= 11 is 3.41. The van der Waals surface area contributed by atoms with Gasteiger partial charge in [0, 0.05) is 10.2 Å². The summed E-state index contributed by atoms with van der Waals surface area (Å²) in [5.41, 5.74) is 6.97. The predicted molar refractivity (Wildman–Crippen MR) is 93.2 cm³/mol. The second-order valence-corrected chi connectivity index (χ2v) is 6.41. The standard InChI is InChI=1S/C15H20BrN3O2.ClH/c1-10-8-11(4-5-12(10)16)19-13(20)9-18-14(21)15(17)6-2-3-7-15;/h4-5,8H,2-3,6-7,9,17H2,1H3,(H,18,21)(H,19,20);1H. The molecule has 2 rings (SSSR count). The van der Waals surface area contributed by atoms with Gasteiger partial charge in [-0.3, -0.25) is 9.59 Å². The SMILES string of the molecule is Cc1cc(NC(=O)CNC(=O)C2(N)CCCC2)ccc1Br.Cl. The Hall–Kier alpha value is -1.11. The molecule has 1 aliphatic carbocycles. The van der Waals surface area contributed by atoms with Crippen molar-refractivity contribution in [2.24, 2.45) is 5.73 Å². The summed E-state index contributed by atoms with van der Waals surface area (Å²) in [6, 6.07) is 5.54. The van der Waals surface area contributed by atoms with Crippen LogP contribution in [0.25, 0.3) is 0 Å². The van der Waals surface area contributed by atoms with Gasteiger partial charge in [0.2, 0.25) is 11.8 Å². The largest absolute Gasteiger partial charge is 0.345 e. The lowest BCUT2D eigenvalue weighted by Crippen LogP contribution is -2.53. The third-order valence-electron chi connectivity index (χ3n) is 3.80. The van der Waals surface area contributed by atoms with Gasteiger partial charge in [-0.2, -0.15) is 0 Å². The van der Waals surface area contributed by atoms with Crippen LogP contribution in [0.2, 0.25) is 0 Å². The van der Waals surface area contributed by atoms with Crippen LogP contribution in [0.1, 0.15) is 31.2 Å². The lowest BCUT2D eigenvalue weighted by atomic mass is 9.98. The number of hydrogen-bond donors (Lipinski definition) is 3. The third-order valence-corrected chi connectivity index (χ3v) is 4.69. The Bertz CT molecular complexity index is 560. The van der Waals surface area contributed by atoms with Crippen molar-refractivity contribution < 1.29 is 9.59 Å². The molecule has 0 heterocycles. The molecule has 1 fully saturated rings. The van der Waals surface area contributed by atoms with Crippen molar-refractivity contribution in [2.45, 2.75) is 38.1 Å². The van der Waals surface area contributed by atoms with Gasteiger partial charge in [-0.25, -0.2) is 0 Å². The molecule has 2 amide bonds. The van der Waals surface area contributed by atoms with Gasteiger partial charge in [0.25, 0.3) is 0 Å². The zero-order valence-electron chi connectivity index (χ0n) is 12.4. The van der Waals surface area contributed by atoms with Gasteiger partial charge < -0.3 is 16.4 Å². The van der Waals surface area contributed by atoms with E-state index in [1.807, 2.05) is 19.1 Å². The number of carbonyl (C=O) groups is 2. The van der Waals surface area contributed by atoms with Crippen LogP contribution in [-0.2, 0) is 9.59 Å². The molecule has 0 bridgehead atoms. The van der Waals surface area contributed by atoms with Crippen LogP contribution < -0.4 is 16.4 Å². The highest BCUT2D eigenvalue weighted by atomic mass is 79.9. The predicted octanol–water partition coefficient (Wildman–Crippen LogP) is 2.51. The zero-order chi connectivity index (χ0) is 15.5. The molecule has 1 saturated carbocycles. The Morgan fingerprint density at radius 3 is 2.55 bits per heavy atom. The van der Waals surface area contributed by atoms with Crippen molar-refractivity contribution in [1.82, 2.24) is 5.32 Å². The average Bonchev–Trinajstić information content (AvgIpc) is 2.88. The lowest BCUT2D eigenvalue weighted by Gasteiger charge is -2.22. The Balaban J connectivity index is 0.00000242. The number of halogens is 2. The molecule has 22 heavy (non-hydrogen) atoms. The number of aryl methyl sites for hydroxylation is 1. The zero-order valence-corrected chi connectivity index (χ0v) is 14.9. The lowest BCUT2D eigenvalue weighted by molar-refractivity contribution is -0.128. The van der Waals surface area contributed by atoms with Crippen molar-refractivity contribution in [3.05, 3.63) is 28.2 Å². The maximum atomic E-state index is 12.0. The number of anilines is 1. The summed E-state index contributed by atoms with van der Waals surface area (Å²) in [7, 11) is 0. The maximum Gasteiger partial charge on any atom is 0.243 e. The minimum Gasteiger partial charge on any atom is -0.345 e. The third kappa shape index (κ3) is 4.69. The topological polar surface area (TPSA) is 84.2 Å². The van der Waals surface area contributed by atoms with E-state index in [-0.39, 0.29) is 30.8 Å². The van der Waals surface area contributed by atoms with E-state index >= 15 is 0 Å². The molecule has 0 aromatic heterocycles. The number of nitrogens with one attached hydrogen (secondary N) is 2. The van der Waals surface area contributed by atoms with Crippen LogP contribution >= 0.6 is 28.3 Å². The smallest absolute Gasteiger partial charge is 0.243 e. The van der Waals surface area contributed by atoms with E-state index in [9.17, 15) is 9.59 Å². The van der Waals surface area contributed by atoms with Crippen molar-refractivity contribution in [2.75, 3.05) is 11.9 Å². The first kappa shape index (κ1) is 18.9.